The van der Waals surface area contributed by atoms with Gasteiger partial charge in [-0.1, -0.05) is 30.3 Å². The molecule has 0 saturated carbocycles. The van der Waals surface area contributed by atoms with Crippen molar-refractivity contribution < 1.29 is 9.84 Å². The van der Waals surface area contributed by atoms with E-state index >= 15 is 0 Å². The Labute approximate surface area is 128 Å². The van der Waals surface area contributed by atoms with Crippen molar-refractivity contribution in [3.8, 4) is 0 Å². The van der Waals surface area contributed by atoms with Crippen molar-refractivity contribution in [1.82, 2.24) is 9.80 Å². The van der Waals surface area contributed by atoms with Gasteiger partial charge in [-0.15, -0.1) is 0 Å². The number of aliphatic hydroxyl groups excluding tert-OH is 1. The van der Waals surface area contributed by atoms with E-state index in [1.165, 1.54) is 5.56 Å². The molecule has 0 spiro atoms. The van der Waals surface area contributed by atoms with E-state index in [0.29, 0.717) is 6.61 Å². The van der Waals surface area contributed by atoms with Gasteiger partial charge < -0.3 is 14.7 Å². The van der Waals surface area contributed by atoms with Gasteiger partial charge in [0.05, 0.1) is 12.7 Å². The molecule has 4 nitrogen and oxygen atoms in total. The first kappa shape index (κ1) is 16.4. The Balaban J connectivity index is 1.83. The third-order valence-electron chi connectivity index (χ3n) is 4.20. The van der Waals surface area contributed by atoms with Gasteiger partial charge in [0, 0.05) is 19.6 Å². The summed E-state index contributed by atoms with van der Waals surface area (Å²) in [5.41, 5.74) is 1.39. The van der Waals surface area contributed by atoms with Crippen molar-refractivity contribution >= 4 is 0 Å². The van der Waals surface area contributed by atoms with Gasteiger partial charge in [0.15, 0.2) is 0 Å². The Morgan fingerprint density at radius 3 is 2.71 bits per heavy atom. The number of aliphatic hydroxyl groups is 1. The van der Waals surface area contributed by atoms with Gasteiger partial charge in [-0.2, -0.15) is 0 Å². The highest BCUT2D eigenvalue weighted by atomic mass is 16.5. The molecule has 1 aromatic carbocycles. The number of hydrogen-bond acceptors (Lipinski definition) is 4. The largest absolute Gasteiger partial charge is 0.376 e. The molecular formula is C17H28N2O2. The predicted octanol–water partition coefficient (Wildman–Crippen LogP) is 1.59. The molecule has 2 unspecified atom stereocenters. The van der Waals surface area contributed by atoms with Crippen molar-refractivity contribution in [3.05, 3.63) is 35.9 Å². The molecule has 1 aliphatic rings. The predicted molar refractivity (Wildman–Crippen MR) is 85.3 cm³/mol. The third kappa shape index (κ3) is 5.40. The number of likely N-dealkylation sites (N-methyl/N-ethyl adjacent to an activating group) is 1. The van der Waals surface area contributed by atoms with Crippen molar-refractivity contribution in [2.75, 3.05) is 39.8 Å². The van der Waals surface area contributed by atoms with Crippen molar-refractivity contribution in [2.24, 2.45) is 0 Å². The molecule has 0 aliphatic carbocycles. The average molecular weight is 292 g/mol. The van der Waals surface area contributed by atoms with Crippen LogP contribution in [-0.2, 0) is 11.2 Å². The number of hydrogen-bond donors (Lipinski definition) is 1. The van der Waals surface area contributed by atoms with E-state index in [1.54, 1.807) is 0 Å². The van der Waals surface area contributed by atoms with Crippen LogP contribution in [0.25, 0.3) is 0 Å². The first-order valence-electron chi connectivity index (χ1n) is 7.93. The van der Waals surface area contributed by atoms with E-state index in [0.717, 1.165) is 39.0 Å². The van der Waals surface area contributed by atoms with E-state index in [4.69, 9.17) is 4.74 Å². The maximum atomic E-state index is 10.1. The fourth-order valence-electron chi connectivity index (χ4n) is 2.76. The molecule has 4 heteroatoms. The first-order chi connectivity index (χ1) is 10.2. The lowest BCUT2D eigenvalue weighted by Crippen LogP contribution is -2.45. The molecule has 118 valence electrons. The standard InChI is InChI=1S/C17H28N2O2/c1-15-17(20)18(2)10-6-11-19(13-14-21-15)12-9-16-7-4-3-5-8-16/h3-5,7-8,15,17,20H,6,9-14H2,1-2H3. The summed E-state index contributed by atoms with van der Waals surface area (Å²) < 4.78 is 5.75. The lowest BCUT2D eigenvalue weighted by Gasteiger charge is -2.32. The van der Waals surface area contributed by atoms with Crippen LogP contribution in [-0.4, -0.2) is 67.1 Å². The summed E-state index contributed by atoms with van der Waals surface area (Å²) in [6.45, 7) is 6.58. The van der Waals surface area contributed by atoms with E-state index in [-0.39, 0.29) is 6.10 Å². The molecule has 1 fully saturated rings. The van der Waals surface area contributed by atoms with Crippen LogP contribution >= 0.6 is 0 Å². The number of benzene rings is 1. The minimum Gasteiger partial charge on any atom is -0.376 e. The summed E-state index contributed by atoms with van der Waals surface area (Å²) in [7, 11) is 1.96. The summed E-state index contributed by atoms with van der Waals surface area (Å²) >= 11 is 0. The summed E-state index contributed by atoms with van der Waals surface area (Å²) in [5.74, 6) is 0. The molecule has 0 radical (unpaired) electrons. The number of nitrogens with zero attached hydrogens (tertiary/aromatic N) is 2. The lowest BCUT2D eigenvalue weighted by atomic mass is 10.1. The van der Waals surface area contributed by atoms with Crippen LogP contribution in [0.3, 0.4) is 0 Å². The minimum absolute atomic E-state index is 0.135. The van der Waals surface area contributed by atoms with E-state index < -0.39 is 6.23 Å². The molecule has 1 aromatic rings. The van der Waals surface area contributed by atoms with Crippen molar-refractivity contribution in [3.63, 3.8) is 0 Å². The van der Waals surface area contributed by atoms with Crippen LogP contribution in [0.4, 0.5) is 0 Å². The van der Waals surface area contributed by atoms with Crippen LogP contribution in [0.15, 0.2) is 30.3 Å². The lowest BCUT2D eigenvalue weighted by molar-refractivity contribution is -0.103. The van der Waals surface area contributed by atoms with Crippen molar-refractivity contribution in [2.45, 2.75) is 32.1 Å². The van der Waals surface area contributed by atoms with Gasteiger partial charge in [0.2, 0.25) is 0 Å². The zero-order chi connectivity index (χ0) is 15.1. The second-order valence-corrected chi connectivity index (χ2v) is 5.90. The van der Waals surface area contributed by atoms with Crippen LogP contribution in [0.2, 0.25) is 0 Å². The van der Waals surface area contributed by atoms with Crippen LogP contribution in [0.1, 0.15) is 18.9 Å². The van der Waals surface area contributed by atoms with Gasteiger partial charge in [0.25, 0.3) is 0 Å². The Morgan fingerprint density at radius 2 is 1.95 bits per heavy atom. The molecule has 0 bridgehead atoms. The summed E-state index contributed by atoms with van der Waals surface area (Å²) in [4.78, 5) is 4.44. The molecule has 2 atom stereocenters. The highest BCUT2D eigenvalue weighted by Crippen LogP contribution is 2.08. The number of ether oxygens (including phenoxy) is 1. The minimum atomic E-state index is -0.499. The number of rotatable bonds is 3. The van der Waals surface area contributed by atoms with Crippen LogP contribution < -0.4 is 0 Å². The van der Waals surface area contributed by atoms with Crippen LogP contribution in [0, 0.1) is 0 Å². The fraction of sp³-hybridized carbons (Fsp3) is 0.647. The van der Waals surface area contributed by atoms with E-state index in [1.807, 2.05) is 18.9 Å². The van der Waals surface area contributed by atoms with Crippen molar-refractivity contribution in [1.29, 1.82) is 0 Å². The zero-order valence-electron chi connectivity index (χ0n) is 13.2. The zero-order valence-corrected chi connectivity index (χ0v) is 13.2. The van der Waals surface area contributed by atoms with Gasteiger partial charge in [0.1, 0.15) is 6.23 Å². The van der Waals surface area contributed by atoms with Gasteiger partial charge in [-0.05, 0) is 38.9 Å². The molecule has 1 N–H and O–H groups in total. The molecule has 1 aliphatic heterocycles. The molecule has 1 heterocycles. The summed E-state index contributed by atoms with van der Waals surface area (Å²) in [6.07, 6.45) is 1.52. The smallest absolute Gasteiger partial charge is 0.133 e. The molecular weight excluding hydrogens is 264 g/mol. The maximum Gasteiger partial charge on any atom is 0.133 e. The van der Waals surface area contributed by atoms with E-state index in [9.17, 15) is 5.11 Å². The van der Waals surface area contributed by atoms with Gasteiger partial charge in [-0.3, -0.25) is 4.90 Å². The Morgan fingerprint density at radius 1 is 1.19 bits per heavy atom. The molecule has 2 rings (SSSR count). The summed E-state index contributed by atoms with van der Waals surface area (Å²) in [6, 6.07) is 10.6. The Kier molecular flexibility index (Phi) is 6.64. The van der Waals surface area contributed by atoms with Gasteiger partial charge >= 0.3 is 0 Å². The highest BCUT2D eigenvalue weighted by molar-refractivity contribution is 5.14. The quantitative estimate of drug-likeness (QED) is 0.918. The first-order valence-corrected chi connectivity index (χ1v) is 7.93. The third-order valence-corrected chi connectivity index (χ3v) is 4.20. The monoisotopic (exact) mass is 292 g/mol. The topological polar surface area (TPSA) is 35.9 Å². The molecule has 1 saturated heterocycles. The highest BCUT2D eigenvalue weighted by Gasteiger charge is 2.21. The maximum absolute atomic E-state index is 10.1. The second-order valence-electron chi connectivity index (χ2n) is 5.90. The summed E-state index contributed by atoms with van der Waals surface area (Å²) in [5, 5.41) is 10.1. The normalized spacial score (nSPS) is 26.6. The van der Waals surface area contributed by atoms with Crippen LogP contribution in [0.5, 0.6) is 0 Å². The second kappa shape index (κ2) is 8.49. The molecule has 0 amide bonds. The Bertz CT molecular complexity index is 383. The Hall–Kier alpha value is -0.940. The molecule has 0 aromatic heterocycles. The SMILES string of the molecule is CC1OCCN(CCc2ccccc2)CCCN(C)C1O. The molecule has 21 heavy (non-hydrogen) atoms. The fourth-order valence-corrected chi connectivity index (χ4v) is 2.76. The average Bonchev–Trinajstić information content (AvgIpc) is 2.51. The van der Waals surface area contributed by atoms with Gasteiger partial charge in [-0.25, -0.2) is 0 Å². The van der Waals surface area contributed by atoms with E-state index in [2.05, 4.69) is 35.2 Å².